The third-order valence-corrected chi connectivity index (χ3v) is 3.59. The Labute approximate surface area is 144 Å². The van der Waals surface area contributed by atoms with Crippen molar-refractivity contribution in [2.45, 2.75) is 13.8 Å². The summed E-state index contributed by atoms with van der Waals surface area (Å²) >= 11 is 0. The van der Waals surface area contributed by atoms with Gasteiger partial charge in [-0.3, -0.25) is 9.59 Å². The van der Waals surface area contributed by atoms with Crippen LogP contribution in [-0.4, -0.2) is 34.6 Å². The van der Waals surface area contributed by atoms with Gasteiger partial charge < -0.3 is 10.3 Å². The van der Waals surface area contributed by atoms with Crippen LogP contribution in [-0.2, 0) is 9.53 Å². The second-order valence-corrected chi connectivity index (χ2v) is 5.19. The number of hydrogen-bond donors (Lipinski definition) is 0. The zero-order chi connectivity index (χ0) is 18.4. The molecule has 0 aliphatic heterocycles. The molecule has 126 valence electrons. The van der Waals surface area contributed by atoms with E-state index in [0.29, 0.717) is 5.56 Å². The van der Waals surface area contributed by atoms with Crippen molar-refractivity contribution in [3.8, 4) is 0 Å². The maximum Gasteiger partial charge on any atom is 0.446 e. The zero-order valence-corrected chi connectivity index (χ0v) is 13.9. The predicted octanol–water partition coefficient (Wildman–Crippen LogP) is 2.64. The average Bonchev–Trinajstić information content (AvgIpc) is 2.62. The highest BCUT2D eigenvalue weighted by molar-refractivity contribution is 6.66. The van der Waals surface area contributed by atoms with E-state index in [-0.39, 0.29) is 23.5 Å². The molecule has 25 heavy (non-hydrogen) atoms. The van der Waals surface area contributed by atoms with Crippen molar-refractivity contribution in [1.82, 2.24) is 0 Å². The largest absolute Gasteiger partial charge is 0.457 e. The van der Waals surface area contributed by atoms with Crippen LogP contribution < -0.4 is 0 Å². The molecule has 6 heteroatoms. The van der Waals surface area contributed by atoms with Gasteiger partial charge in [-0.25, -0.2) is 4.79 Å². The van der Waals surface area contributed by atoms with Crippen molar-refractivity contribution >= 4 is 23.2 Å². The van der Waals surface area contributed by atoms with Crippen LogP contribution in [0.4, 0.5) is 0 Å². The van der Waals surface area contributed by atoms with Gasteiger partial charge in [0, 0.05) is 16.7 Å². The van der Waals surface area contributed by atoms with Gasteiger partial charge in [0.25, 0.3) is 5.78 Å². The minimum Gasteiger partial charge on any atom is -0.457 e. The quantitative estimate of drug-likeness (QED) is 0.202. The Kier molecular flexibility index (Phi) is 5.71. The molecular weight excluding hydrogens is 320 g/mol. The molecule has 0 saturated carbocycles. The van der Waals surface area contributed by atoms with E-state index < -0.39 is 17.5 Å². The third-order valence-electron chi connectivity index (χ3n) is 3.59. The minimum atomic E-state index is -1.05. The molecule has 2 aromatic rings. The number of carbonyl (C=O) groups excluding carboxylic acids is 3. The molecule has 6 nitrogen and oxygen atoms in total. The molecule has 0 aliphatic carbocycles. The topological polar surface area (TPSA) is 96.8 Å². The second-order valence-electron chi connectivity index (χ2n) is 5.19. The second kappa shape index (κ2) is 7.95. The lowest BCUT2D eigenvalue weighted by molar-refractivity contribution is -0.139. The van der Waals surface area contributed by atoms with E-state index in [2.05, 4.69) is 4.79 Å². The number of esters is 1. The number of nitrogens with zero attached hydrogens (tertiary/aromatic N) is 2. The lowest BCUT2D eigenvalue weighted by atomic mass is 9.92. The van der Waals surface area contributed by atoms with Crippen LogP contribution in [0.5, 0.6) is 0 Å². The molecule has 0 radical (unpaired) electrons. The Balaban J connectivity index is 2.50. The fraction of sp³-hybridized carbons (Fsp3) is 0.158. The van der Waals surface area contributed by atoms with Crippen LogP contribution in [0, 0.1) is 6.92 Å². The maximum atomic E-state index is 12.8. The summed E-state index contributed by atoms with van der Waals surface area (Å²) < 4.78 is 4.71. The highest BCUT2D eigenvalue weighted by Crippen LogP contribution is 2.18. The van der Waals surface area contributed by atoms with Gasteiger partial charge in [0.15, 0.2) is 5.78 Å². The van der Waals surface area contributed by atoms with Gasteiger partial charge in [-0.05, 0) is 25.5 Å². The van der Waals surface area contributed by atoms with Crippen LogP contribution in [0.3, 0.4) is 0 Å². The SMILES string of the molecule is CCOC(=O)C(=[N+]=[N-])C(=O)c1ccccc1C(=O)c1ccccc1C. The highest BCUT2D eigenvalue weighted by Gasteiger charge is 2.34. The Hall–Kier alpha value is -3.37. The third kappa shape index (κ3) is 3.76. The van der Waals surface area contributed by atoms with Crippen molar-refractivity contribution in [1.29, 1.82) is 0 Å². The molecule has 0 N–H and O–H groups in total. The fourth-order valence-corrected chi connectivity index (χ4v) is 2.36. The normalized spacial score (nSPS) is 9.84. The van der Waals surface area contributed by atoms with E-state index in [1.54, 1.807) is 50.2 Å². The Morgan fingerprint density at radius 3 is 2.08 bits per heavy atom. The first-order valence-electron chi connectivity index (χ1n) is 7.64. The molecule has 0 atom stereocenters. The van der Waals surface area contributed by atoms with E-state index in [1.165, 1.54) is 12.1 Å². The van der Waals surface area contributed by atoms with Crippen molar-refractivity contribution in [2.75, 3.05) is 6.61 Å². The summed E-state index contributed by atoms with van der Waals surface area (Å²) in [7, 11) is 0. The summed E-state index contributed by atoms with van der Waals surface area (Å²) in [5.74, 6) is -2.28. The molecule has 0 heterocycles. The van der Waals surface area contributed by atoms with Gasteiger partial charge in [-0.2, -0.15) is 4.79 Å². The smallest absolute Gasteiger partial charge is 0.446 e. The van der Waals surface area contributed by atoms with E-state index in [0.717, 1.165) is 5.56 Å². The predicted molar refractivity (Wildman–Crippen MR) is 90.6 cm³/mol. The number of rotatable bonds is 6. The lowest BCUT2D eigenvalue weighted by Crippen LogP contribution is -2.29. The monoisotopic (exact) mass is 336 g/mol. The summed E-state index contributed by atoms with van der Waals surface area (Å²) in [5.41, 5.74) is 9.55. The molecule has 0 unspecified atom stereocenters. The number of hydrogen-bond acceptors (Lipinski definition) is 4. The Morgan fingerprint density at radius 1 is 0.960 bits per heavy atom. The Morgan fingerprint density at radius 2 is 1.52 bits per heavy atom. The molecule has 0 saturated heterocycles. The summed E-state index contributed by atoms with van der Waals surface area (Å²) in [6.07, 6.45) is 0. The first kappa shape index (κ1) is 18.0. The van der Waals surface area contributed by atoms with Gasteiger partial charge in [0.2, 0.25) is 0 Å². The van der Waals surface area contributed by atoms with Gasteiger partial charge in [-0.1, -0.05) is 42.5 Å². The number of carbonyl (C=O) groups is 3. The van der Waals surface area contributed by atoms with E-state index in [1.807, 2.05) is 0 Å². The minimum absolute atomic E-state index is 0.0227. The molecule has 0 fully saturated rings. The summed E-state index contributed by atoms with van der Waals surface area (Å²) in [6.45, 7) is 3.37. The van der Waals surface area contributed by atoms with Crippen molar-refractivity contribution in [2.24, 2.45) is 0 Å². The van der Waals surface area contributed by atoms with Gasteiger partial charge in [0.05, 0.1) is 6.61 Å². The average molecular weight is 336 g/mol. The lowest BCUT2D eigenvalue weighted by Gasteiger charge is -2.08. The molecule has 0 bridgehead atoms. The first-order valence-corrected chi connectivity index (χ1v) is 7.64. The van der Waals surface area contributed by atoms with Crippen LogP contribution in [0.1, 0.15) is 38.8 Å². The Bertz CT molecular complexity index is 896. The zero-order valence-electron chi connectivity index (χ0n) is 13.9. The maximum absolute atomic E-state index is 12.8. The fourth-order valence-electron chi connectivity index (χ4n) is 2.36. The van der Waals surface area contributed by atoms with Crippen LogP contribution in [0.15, 0.2) is 48.5 Å². The van der Waals surface area contributed by atoms with Crippen LogP contribution in [0.25, 0.3) is 5.53 Å². The molecular formula is C19H16N2O4. The van der Waals surface area contributed by atoms with E-state index >= 15 is 0 Å². The molecule has 2 aromatic carbocycles. The number of aryl methyl sites for hydroxylation is 1. The van der Waals surface area contributed by atoms with Gasteiger partial charge in [-0.15, -0.1) is 0 Å². The molecule has 0 amide bonds. The van der Waals surface area contributed by atoms with Crippen molar-refractivity contribution in [3.05, 3.63) is 76.3 Å². The van der Waals surface area contributed by atoms with E-state index in [9.17, 15) is 14.4 Å². The van der Waals surface area contributed by atoms with Crippen LogP contribution >= 0.6 is 0 Å². The van der Waals surface area contributed by atoms with Crippen molar-refractivity contribution < 1.29 is 23.9 Å². The molecule has 0 spiro atoms. The number of Topliss-reactive ketones (excluding diaryl/α,β-unsaturated/α-hetero) is 1. The van der Waals surface area contributed by atoms with Gasteiger partial charge >= 0.3 is 11.7 Å². The molecule has 0 aromatic heterocycles. The molecule has 0 aliphatic rings. The van der Waals surface area contributed by atoms with Gasteiger partial charge in [0.1, 0.15) is 0 Å². The summed E-state index contributed by atoms with van der Waals surface area (Å²) in [5, 5.41) is 0. The summed E-state index contributed by atoms with van der Waals surface area (Å²) in [6, 6.07) is 13.0. The number of ketones is 2. The van der Waals surface area contributed by atoms with Crippen molar-refractivity contribution in [3.63, 3.8) is 0 Å². The van der Waals surface area contributed by atoms with E-state index in [4.69, 9.17) is 10.3 Å². The van der Waals surface area contributed by atoms with Crippen LogP contribution in [0.2, 0.25) is 0 Å². The molecule has 2 rings (SSSR count). The highest BCUT2D eigenvalue weighted by atomic mass is 16.5. The standard InChI is InChI=1S/C19H16N2O4/c1-3-25-19(24)16(21-20)18(23)15-11-7-6-10-14(15)17(22)13-9-5-4-8-12(13)2/h4-11H,3H2,1-2H3. The summed E-state index contributed by atoms with van der Waals surface area (Å²) in [4.78, 5) is 39.9. The number of ether oxygens (including phenoxy) is 1. The number of benzene rings is 2. The first-order chi connectivity index (χ1) is 12.0.